The lowest BCUT2D eigenvalue weighted by Crippen LogP contribution is -2.60. The average molecular weight is 855 g/mol. The van der Waals surface area contributed by atoms with Gasteiger partial charge in [-0.05, 0) is 55.7 Å². The number of carbonyl (C=O) groups excluding carboxylic acids is 6. The minimum atomic E-state index is -1.30. The Bertz CT molecular complexity index is 1950. The summed E-state index contributed by atoms with van der Waals surface area (Å²) in [4.78, 5) is 108. The highest BCUT2D eigenvalue weighted by atomic mass is 32.2. The molecule has 0 aliphatic heterocycles. The number of hydrogen-bond acceptors (Lipinski definition) is 10. The molecule has 0 spiro atoms. The van der Waals surface area contributed by atoms with Crippen LogP contribution in [0.4, 0.5) is 0 Å². The molecule has 3 aromatic rings. The molecule has 0 radical (unpaired) electrons. The fourth-order valence-electron chi connectivity index (χ4n) is 6.25. The number of guanidine groups is 1. The summed E-state index contributed by atoms with van der Waals surface area (Å²) in [5, 5.41) is 23.5. The zero-order valence-electron chi connectivity index (χ0n) is 34.6. The molecular weight excluding hydrogens is 797 g/mol. The van der Waals surface area contributed by atoms with Gasteiger partial charge in [-0.25, -0.2) is 4.98 Å². The number of unbranched alkanes of at least 4 members (excludes halogenated alkanes) is 1. The molecule has 0 aliphatic carbocycles. The molecule has 3 rings (SSSR count). The van der Waals surface area contributed by atoms with Crippen LogP contribution in [0, 0.1) is 5.92 Å². The average Bonchev–Trinajstić information content (AvgIpc) is 3.86. The van der Waals surface area contributed by atoms with Gasteiger partial charge in [0.15, 0.2) is 5.96 Å². The Morgan fingerprint density at radius 3 is 2.22 bits per heavy atom. The molecule has 12 N–H and O–H groups in total. The molecule has 20 nitrogen and oxygen atoms in total. The lowest BCUT2D eigenvalue weighted by atomic mass is 10.0. The summed E-state index contributed by atoms with van der Waals surface area (Å²) in [6.07, 6.45) is 7.44. The van der Waals surface area contributed by atoms with Crippen molar-refractivity contribution in [2.24, 2.45) is 22.4 Å². The maximum atomic E-state index is 14.6. The fourth-order valence-corrected chi connectivity index (χ4v) is 6.72. The van der Waals surface area contributed by atoms with Crippen LogP contribution >= 0.6 is 11.8 Å². The van der Waals surface area contributed by atoms with E-state index in [1.165, 1.54) is 43.0 Å². The van der Waals surface area contributed by atoms with E-state index >= 15 is 0 Å². The van der Waals surface area contributed by atoms with Gasteiger partial charge >= 0.3 is 5.97 Å². The second-order valence-electron chi connectivity index (χ2n) is 14.6. The van der Waals surface area contributed by atoms with E-state index in [-0.39, 0.29) is 31.9 Å². The van der Waals surface area contributed by atoms with E-state index in [2.05, 4.69) is 46.5 Å². The number of carboxylic acid groups (broad SMARTS) is 1. The first kappa shape index (κ1) is 48.3. The number of aliphatic carboxylic acids is 1. The van der Waals surface area contributed by atoms with Gasteiger partial charge in [0.2, 0.25) is 35.4 Å². The fraction of sp³-hybridized carbons (Fsp3) is 0.513. The number of aromatic amines is 2. The van der Waals surface area contributed by atoms with Crippen molar-refractivity contribution in [3.63, 3.8) is 0 Å². The van der Waals surface area contributed by atoms with Gasteiger partial charge in [-0.1, -0.05) is 32.0 Å². The largest absolute Gasteiger partial charge is 0.480 e. The van der Waals surface area contributed by atoms with Gasteiger partial charge in [0.05, 0.1) is 12.9 Å². The first-order chi connectivity index (χ1) is 28.5. The first-order valence-electron chi connectivity index (χ1n) is 19.6. The number of H-pyrrole nitrogens is 2. The maximum Gasteiger partial charge on any atom is 0.325 e. The molecule has 0 saturated carbocycles. The monoisotopic (exact) mass is 854 g/mol. The molecule has 0 bridgehead atoms. The van der Waals surface area contributed by atoms with Gasteiger partial charge in [0.25, 0.3) is 0 Å². The van der Waals surface area contributed by atoms with Crippen LogP contribution in [-0.2, 0) is 46.4 Å². The number of fused-ring (bicyclic) bond motifs is 1. The first-order valence-corrected chi connectivity index (χ1v) is 21.0. The summed E-state index contributed by atoms with van der Waals surface area (Å²) in [5.74, 6) is -5.04. The smallest absolute Gasteiger partial charge is 0.325 e. The Balaban J connectivity index is 1.99. The van der Waals surface area contributed by atoms with Crippen LogP contribution < -0.4 is 38.1 Å². The second kappa shape index (κ2) is 24.1. The third-order valence-electron chi connectivity index (χ3n) is 9.40. The maximum absolute atomic E-state index is 14.6. The van der Waals surface area contributed by atoms with Gasteiger partial charge in [0.1, 0.15) is 30.2 Å². The predicted octanol–water partition coefficient (Wildman–Crippen LogP) is -0.484. The van der Waals surface area contributed by atoms with Gasteiger partial charge < -0.3 is 58.0 Å². The number of nitrogens with two attached hydrogens (primary N) is 2. The van der Waals surface area contributed by atoms with E-state index in [1.807, 2.05) is 30.5 Å². The Morgan fingerprint density at radius 2 is 1.58 bits per heavy atom. The van der Waals surface area contributed by atoms with E-state index in [1.54, 1.807) is 20.0 Å². The van der Waals surface area contributed by atoms with Crippen molar-refractivity contribution in [1.29, 1.82) is 0 Å². The molecule has 21 heteroatoms. The van der Waals surface area contributed by atoms with Crippen molar-refractivity contribution in [3.05, 3.63) is 54.2 Å². The summed E-state index contributed by atoms with van der Waals surface area (Å²) in [6.45, 7) is 5.77. The molecule has 2 aromatic heterocycles. The second-order valence-corrected chi connectivity index (χ2v) is 15.6. The van der Waals surface area contributed by atoms with Crippen LogP contribution in [0.25, 0.3) is 10.9 Å². The molecule has 328 valence electrons. The zero-order chi connectivity index (χ0) is 44.4. The molecule has 5 atom stereocenters. The number of carbonyl (C=O) groups is 7. The van der Waals surface area contributed by atoms with E-state index in [0.29, 0.717) is 36.3 Å². The van der Waals surface area contributed by atoms with Crippen LogP contribution in [0.15, 0.2) is 48.0 Å². The molecule has 0 saturated heterocycles. The number of hydrogen-bond donors (Lipinski definition) is 10. The van der Waals surface area contributed by atoms with E-state index < -0.39 is 84.1 Å². The normalized spacial score (nSPS) is 13.6. The number of para-hydroxylation sites is 1. The molecule has 60 heavy (non-hydrogen) atoms. The van der Waals surface area contributed by atoms with Crippen molar-refractivity contribution in [2.75, 3.05) is 31.6 Å². The lowest BCUT2D eigenvalue weighted by molar-refractivity contribution is -0.143. The quantitative estimate of drug-likeness (QED) is 0.0294. The summed E-state index contributed by atoms with van der Waals surface area (Å²) in [5.41, 5.74) is 12.9. The Morgan fingerprint density at radius 1 is 0.883 bits per heavy atom. The summed E-state index contributed by atoms with van der Waals surface area (Å²) in [6, 6.07) is 1.52. The highest BCUT2D eigenvalue weighted by Gasteiger charge is 2.35. The number of aromatic nitrogens is 3. The number of benzene rings is 1. The molecule has 1 aromatic carbocycles. The number of amides is 6. The minimum Gasteiger partial charge on any atom is -0.480 e. The van der Waals surface area contributed by atoms with E-state index in [0.717, 1.165) is 10.9 Å². The number of imidazole rings is 1. The van der Waals surface area contributed by atoms with E-state index in [4.69, 9.17) is 11.5 Å². The number of nitrogens with one attached hydrogen (secondary N) is 7. The number of thioether (sulfide) groups is 1. The van der Waals surface area contributed by atoms with Crippen molar-refractivity contribution >= 4 is 70.0 Å². The van der Waals surface area contributed by atoms with Gasteiger partial charge in [-0.2, -0.15) is 11.8 Å². The minimum absolute atomic E-state index is 0.0223. The van der Waals surface area contributed by atoms with Gasteiger partial charge in [0, 0.05) is 61.8 Å². The van der Waals surface area contributed by atoms with Crippen molar-refractivity contribution in [3.8, 4) is 0 Å². The van der Waals surface area contributed by atoms with Crippen LogP contribution in [0.3, 0.4) is 0 Å². The molecule has 0 fully saturated rings. The summed E-state index contributed by atoms with van der Waals surface area (Å²) in [7, 11) is 0. The number of aliphatic imine (C=N–C) groups is 1. The topological polar surface area (TPSA) is 312 Å². The van der Waals surface area contributed by atoms with Crippen LogP contribution in [0.5, 0.6) is 0 Å². The summed E-state index contributed by atoms with van der Waals surface area (Å²) >= 11 is 1.50. The van der Waals surface area contributed by atoms with Gasteiger partial charge in [-0.3, -0.25) is 38.6 Å². The van der Waals surface area contributed by atoms with Crippen LogP contribution in [0.1, 0.15) is 58.2 Å². The molecular formula is C39H58N12O8S. The van der Waals surface area contributed by atoms with Crippen LogP contribution in [0.2, 0.25) is 0 Å². The van der Waals surface area contributed by atoms with Crippen molar-refractivity contribution in [2.45, 2.75) is 90.0 Å². The predicted molar refractivity (Wildman–Crippen MR) is 227 cm³/mol. The molecule has 1 unspecified atom stereocenters. The Hall–Kier alpha value is -6.12. The molecule has 6 amide bonds. The molecule has 0 aliphatic rings. The Kier molecular flexibility index (Phi) is 19.4. The lowest BCUT2D eigenvalue weighted by Gasteiger charge is -2.30. The number of carboxylic acids is 1. The highest BCUT2D eigenvalue weighted by Crippen LogP contribution is 2.20. The standard InChI is InChI=1S/C39H58N12O8S/c1-22(2)33(50-34(54)29(12-15-60-5)47-24(4)52)36(56)48-30(17-26-19-42-21-45-26)35(55)49-31(16-25-18-44-28-11-7-6-10-27(25)28)37(57)51(14-9-8-13-43-39(40)41)20-32(53)46-23(3)38(58)59/h6-7,10-11,18-19,21-23,29-31,33,44H,8-9,12-17,20H2,1-5H3,(H,42,45)(H,46,53)(H,47,52)(H,48,56)(H,49,55)(H,50,54)(H,58,59)(H4,40,41,43)/t23-,29?,30-,31-,33-/m0/s1. The SMILES string of the molecule is CSCCC(NC(C)=O)C(=O)N[C@H](C(=O)N[C@@H](Cc1cnc[nH]1)C(=O)N[C@@H](Cc1c[nH]c2ccccc12)C(=O)N(CCCCN=C(N)N)CC(=O)N[C@@H](C)C(=O)O)C(C)C. The van der Waals surface area contributed by atoms with Crippen molar-refractivity contribution < 1.29 is 38.7 Å². The zero-order valence-corrected chi connectivity index (χ0v) is 35.4. The van der Waals surface area contributed by atoms with E-state index in [9.17, 15) is 38.7 Å². The third kappa shape index (κ3) is 15.6. The van der Waals surface area contributed by atoms with Gasteiger partial charge in [-0.15, -0.1) is 0 Å². The molecule has 2 heterocycles. The number of nitrogens with zero attached hydrogens (tertiary/aromatic N) is 3. The summed E-state index contributed by atoms with van der Waals surface area (Å²) < 4.78 is 0. The third-order valence-corrected chi connectivity index (χ3v) is 10.0. The number of rotatable bonds is 25. The van der Waals surface area contributed by atoms with Crippen molar-refractivity contribution in [1.82, 2.24) is 46.4 Å². The Labute approximate surface area is 352 Å². The van der Waals surface area contributed by atoms with Crippen LogP contribution in [-0.4, -0.2) is 134 Å². The highest BCUT2D eigenvalue weighted by molar-refractivity contribution is 7.98.